The molecule has 0 saturated heterocycles. The number of rotatable bonds is 7. The minimum absolute atomic E-state index is 0.000680. The van der Waals surface area contributed by atoms with Gasteiger partial charge >= 0.3 is 5.97 Å². The van der Waals surface area contributed by atoms with Crippen molar-refractivity contribution < 1.29 is 23.8 Å². The number of aromatic nitrogens is 2. The van der Waals surface area contributed by atoms with Crippen LogP contribution in [0.5, 0.6) is 11.5 Å². The van der Waals surface area contributed by atoms with Crippen LogP contribution < -0.4 is 9.47 Å². The quantitative estimate of drug-likeness (QED) is 0.462. The molecular formula is C21H20N2O5. The van der Waals surface area contributed by atoms with Crippen molar-refractivity contribution in [3.63, 3.8) is 0 Å². The van der Waals surface area contributed by atoms with Gasteiger partial charge in [-0.15, -0.1) is 0 Å². The van der Waals surface area contributed by atoms with E-state index < -0.39 is 12.1 Å². The smallest absolute Gasteiger partial charge is 0.363 e. The summed E-state index contributed by atoms with van der Waals surface area (Å²) in [4.78, 5) is 25.1. The van der Waals surface area contributed by atoms with E-state index in [1.54, 1.807) is 37.6 Å². The van der Waals surface area contributed by atoms with Crippen LogP contribution in [0.25, 0.3) is 5.69 Å². The number of hydrogen-bond acceptors (Lipinski definition) is 6. The molecule has 28 heavy (non-hydrogen) atoms. The van der Waals surface area contributed by atoms with E-state index in [4.69, 9.17) is 14.2 Å². The third kappa shape index (κ3) is 4.03. The molecule has 0 aliphatic heterocycles. The fraction of sp³-hybridized carbons (Fsp3) is 0.190. The van der Waals surface area contributed by atoms with Crippen molar-refractivity contribution in [2.45, 2.75) is 13.0 Å². The number of para-hydroxylation sites is 1. The van der Waals surface area contributed by atoms with Gasteiger partial charge in [0.15, 0.2) is 11.9 Å². The van der Waals surface area contributed by atoms with Gasteiger partial charge in [-0.2, -0.15) is 5.10 Å². The molecule has 0 aliphatic rings. The number of Topliss-reactive ketones (excluding diaryl/α,β-unsaturated/α-hetero) is 1. The van der Waals surface area contributed by atoms with Crippen molar-refractivity contribution in [2.24, 2.45) is 0 Å². The number of carbonyl (C=O) groups is 2. The van der Waals surface area contributed by atoms with Crippen molar-refractivity contribution in [1.82, 2.24) is 9.78 Å². The van der Waals surface area contributed by atoms with Gasteiger partial charge in [-0.25, -0.2) is 9.48 Å². The van der Waals surface area contributed by atoms with Crippen molar-refractivity contribution in [3.8, 4) is 17.2 Å². The Morgan fingerprint density at radius 1 is 0.964 bits per heavy atom. The minimum atomic E-state index is -0.979. The molecule has 0 fully saturated rings. The maximum atomic E-state index is 12.6. The van der Waals surface area contributed by atoms with E-state index in [0.29, 0.717) is 11.3 Å². The summed E-state index contributed by atoms with van der Waals surface area (Å²) in [6.45, 7) is 1.52. The summed E-state index contributed by atoms with van der Waals surface area (Å²) < 4.78 is 17.2. The molecule has 0 aliphatic carbocycles. The van der Waals surface area contributed by atoms with Gasteiger partial charge in [0, 0.05) is 5.56 Å². The molecule has 3 rings (SSSR count). The van der Waals surface area contributed by atoms with Gasteiger partial charge in [0.25, 0.3) is 0 Å². The first kappa shape index (κ1) is 19.2. The maximum absolute atomic E-state index is 12.6. The van der Waals surface area contributed by atoms with Crippen LogP contribution in [0.2, 0.25) is 0 Å². The van der Waals surface area contributed by atoms with Crippen molar-refractivity contribution in [2.75, 3.05) is 14.2 Å². The summed E-state index contributed by atoms with van der Waals surface area (Å²) in [5, 5.41) is 4.25. The lowest BCUT2D eigenvalue weighted by atomic mass is 10.1. The zero-order valence-electron chi connectivity index (χ0n) is 15.8. The van der Waals surface area contributed by atoms with E-state index in [-0.39, 0.29) is 17.2 Å². The fourth-order valence-electron chi connectivity index (χ4n) is 2.62. The van der Waals surface area contributed by atoms with Crippen LogP contribution in [-0.2, 0) is 4.74 Å². The number of esters is 1. The number of methoxy groups -OCH3 is 2. The first-order valence-corrected chi connectivity index (χ1v) is 8.61. The molecule has 7 nitrogen and oxygen atoms in total. The molecule has 7 heteroatoms. The average Bonchev–Trinajstić information content (AvgIpc) is 3.18. The second kappa shape index (κ2) is 8.39. The Labute approximate surface area is 162 Å². The molecular weight excluding hydrogens is 360 g/mol. The molecule has 1 heterocycles. The summed E-state index contributed by atoms with van der Waals surface area (Å²) in [7, 11) is 2.98. The van der Waals surface area contributed by atoms with Crippen LogP contribution in [0.3, 0.4) is 0 Å². The molecule has 0 N–H and O–H groups in total. The molecule has 1 atom stereocenters. The SMILES string of the molecule is COc1ccc(C(=O)[C@H](C)OC(=O)c2nn(-c3ccccc3)cc2OC)cc1. The Hall–Kier alpha value is -3.61. The highest BCUT2D eigenvalue weighted by molar-refractivity contribution is 6.01. The average molecular weight is 380 g/mol. The minimum Gasteiger partial charge on any atom is -0.497 e. The second-order valence-corrected chi connectivity index (χ2v) is 5.97. The number of benzene rings is 2. The number of nitrogens with zero attached hydrogens (tertiary/aromatic N) is 2. The van der Waals surface area contributed by atoms with E-state index in [2.05, 4.69) is 5.10 Å². The third-order valence-corrected chi connectivity index (χ3v) is 4.14. The highest BCUT2D eigenvalue weighted by Gasteiger charge is 2.25. The van der Waals surface area contributed by atoms with Gasteiger partial charge < -0.3 is 14.2 Å². The fourth-order valence-corrected chi connectivity index (χ4v) is 2.62. The molecule has 0 spiro atoms. The normalized spacial score (nSPS) is 11.5. The van der Waals surface area contributed by atoms with Crippen LogP contribution in [0, 0.1) is 0 Å². The molecule has 0 radical (unpaired) electrons. The van der Waals surface area contributed by atoms with E-state index in [0.717, 1.165) is 5.69 Å². The molecule has 0 saturated carbocycles. The van der Waals surface area contributed by atoms with Gasteiger partial charge in [-0.1, -0.05) is 18.2 Å². The van der Waals surface area contributed by atoms with Gasteiger partial charge in [-0.3, -0.25) is 4.79 Å². The van der Waals surface area contributed by atoms with Crippen molar-refractivity contribution in [1.29, 1.82) is 0 Å². The monoisotopic (exact) mass is 380 g/mol. The maximum Gasteiger partial charge on any atom is 0.363 e. The Kier molecular flexibility index (Phi) is 5.74. The summed E-state index contributed by atoms with van der Waals surface area (Å²) in [6.07, 6.45) is 0.606. The lowest BCUT2D eigenvalue weighted by Gasteiger charge is -2.12. The predicted octanol–water partition coefficient (Wildman–Crippen LogP) is 3.32. The summed E-state index contributed by atoms with van der Waals surface area (Å²) in [6, 6.07) is 15.9. The molecule has 0 unspecified atom stereocenters. The van der Waals surface area contributed by atoms with Crippen LogP contribution in [0.1, 0.15) is 27.8 Å². The van der Waals surface area contributed by atoms with Crippen LogP contribution in [0.15, 0.2) is 60.8 Å². The van der Waals surface area contributed by atoms with Gasteiger partial charge in [0.05, 0.1) is 26.1 Å². The van der Waals surface area contributed by atoms with E-state index in [9.17, 15) is 9.59 Å². The van der Waals surface area contributed by atoms with Gasteiger partial charge in [0.2, 0.25) is 11.5 Å². The molecule has 144 valence electrons. The third-order valence-electron chi connectivity index (χ3n) is 4.14. The molecule has 2 aromatic carbocycles. The second-order valence-electron chi connectivity index (χ2n) is 5.97. The number of carbonyl (C=O) groups excluding carboxylic acids is 2. The van der Waals surface area contributed by atoms with Crippen molar-refractivity contribution in [3.05, 3.63) is 72.1 Å². The summed E-state index contributed by atoms with van der Waals surface area (Å²) >= 11 is 0. The molecule has 0 amide bonds. The highest BCUT2D eigenvalue weighted by atomic mass is 16.5. The molecule has 0 bridgehead atoms. The lowest BCUT2D eigenvalue weighted by molar-refractivity contribution is 0.0309. The van der Waals surface area contributed by atoms with Crippen molar-refractivity contribution >= 4 is 11.8 Å². The van der Waals surface area contributed by atoms with Crippen LogP contribution in [-0.4, -0.2) is 41.9 Å². The molecule has 1 aromatic heterocycles. The van der Waals surface area contributed by atoms with E-state index in [1.165, 1.54) is 18.7 Å². The zero-order chi connectivity index (χ0) is 20.1. The Bertz CT molecular complexity index is 964. The van der Waals surface area contributed by atoms with E-state index >= 15 is 0 Å². The van der Waals surface area contributed by atoms with E-state index in [1.807, 2.05) is 30.3 Å². The number of ketones is 1. The Morgan fingerprint density at radius 2 is 1.64 bits per heavy atom. The predicted molar refractivity (Wildman–Crippen MR) is 102 cm³/mol. The zero-order valence-corrected chi connectivity index (χ0v) is 15.8. The standard InChI is InChI=1S/C21H20N2O5/c1-14(20(24)15-9-11-17(26-2)12-10-15)28-21(25)19-18(27-3)13-23(22-19)16-7-5-4-6-8-16/h4-14H,1-3H3/t14-/m0/s1. The molecule has 3 aromatic rings. The first-order valence-electron chi connectivity index (χ1n) is 8.61. The topological polar surface area (TPSA) is 79.7 Å². The summed E-state index contributed by atoms with van der Waals surface area (Å²) in [5.41, 5.74) is 1.19. The largest absolute Gasteiger partial charge is 0.497 e. The van der Waals surface area contributed by atoms with Crippen LogP contribution >= 0.6 is 0 Å². The number of hydrogen-bond donors (Lipinski definition) is 0. The van der Waals surface area contributed by atoms with Gasteiger partial charge in [-0.05, 0) is 43.3 Å². The Morgan fingerprint density at radius 3 is 2.25 bits per heavy atom. The lowest BCUT2D eigenvalue weighted by Crippen LogP contribution is -2.25. The van der Waals surface area contributed by atoms with Crippen LogP contribution in [0.4, 0.5) is 0 Å². The highest BCUT2D eigenvalue weighted by Crippen LogP contribution is 2.21. The first-order chi connectivity index (χ1) is 13.5. The summed E-state index contributed by atoms with van der Waals surface area (Å²) in [5.74, 6) is -0.159. The Balaban J connectivity index is 1.76. The van der Waals surface area contributed by atoms with Gasteiger partial charge in [0.1, 0.15) is 5.75 Å². The number of ether oxygens (including phenoxy) is 3.